The third-order valence-corrected chi connectivity index (χ3v) is 7.17. The molecule has 1 amide bonds. The molecular weight excluding hydrogens is 485 g/mol. The van der Waals surface area contributed by atoms with Crippen LogP contribution in [-0.4, -0.2) is 29.6 Å². The van der Waals surface area contributed by atoms with Gasteiger partial charge < -0.3 is 15.3 Å². The maximum absolute atomic E-state index is 13.9. The summed E-state index contributed by atoms with van der Waals surface area (Å²) in [6.45, 7) is 9.91. The fourth-order valence-corrected chi connectivity index (χ4v) is 4.76. The van der Waals surface area contributed by atoms with Gasteiger partial charge in [-0.3, -0.25) is 4.79 Å². The number of halogens is 1. The first-order valence-corrected chi connectivity index (χ1v) is 13.1. The van der Waals surface area contributed by atoms with Crippen molar-refractivity contribution in [1.82, 2.24) is 10.3 Å². The molecule has 1 heterocycles. The van der Waals surface area contributed by atoms with Gasteiger partial charge in [-0.05, 0) is 67.6 Å². The van der Waals surface area contributed by atoms with Crippen LogP contribution in [0.1, 0.15) is 37.3 Å². The quantitative estimate of drug-likeness (QED) is 0.120. The van der Waals surface area contributed by atoms with E-state index in [0.29, 0.717) is 17.7 Å². The van der Waals surface area contributed by atoms with Crippen molar-refractivity contribution in [2.24, 2.45) is 0 Å². The van der Waals surface area contributed by atoms with Crippen LogP contribution in [0.2, 0.25) is 0 Å². The van der Waals surface area contributed by atoms with Crippen LogP contribution in [0.15, 0.2) is 88.6 Å². The molecule has 0 spiro atoms. The number of carbonyl (C=O) groups is 1. The number of hydrogen-bond acceptors (Lipinski definition) is 5. The van der Waals surface area contributed by atoms with Gasteiger partial charge in [-0.25, -0.2) is 4.98 Å². The van der Waals surface area contributed by atoms with Crippen LogP contribution in [0.5, 0.6) is 0 Å². The number of aromatic nitrogens is 1. The number of anilines is 1. The molecule has 3 aromatic rings. The summed E-state index contributed by atoms with van der Waals surface area (Å²) in [6, 6.07) is 17.1. The number of unbranched alkanes of at least 4 members (excludes halogenated alkanes) is 1. The summed E-state index contributed by atoms with van der Waals surface area (Å²) in [6.07, 6.45) is 4.04. The Labute approximate surface area is 223 Å². The average molecular weight is 520 g/mol. The minimum absolute atomic E-state index is 0.0346. The fraction of sp³-hybridized carbons (Fsp3) is 0.267. The Morgan fingerprint density at radius 3 is 2.51 bits per heavy atom. The van der Waals surface area contributed by atoms with Gasteiger partial charge >= 0.3 is 0 Å². The Kier molecular flexibility index (Phi) is 9.92. The number of para-hydroxylation sites is 1. The van der Waals surface area contributed by atoms with Crippen molar-refractivity contribution in [3.05, 3.63) is 101 Å². The second-order valence-electron chi connectivity index (χ2n) is 8.98. The highest BCUT2D eigenvalue weighted by Crippen LogP contribution is 2.32. The van der Waals surface area contributed by atoms with E-state index in [4.69, 9.17) is 0 Å². The van der Waals surface area contributed by atoms with E-state index in [1.807, 2.05) is 67.4 Å². The maximum atomic E-state index is 13.9. The summed E-state index contributed by atoms with van der Waals surface area (Å²) >= 11 is 1.19. The summed E-state index contributed by atoms with van der Waals surface area (Å²) in [5, 5.41) is 14.0. The zero-order chi connectivity index (χ0) is 26.9. The number of likely N-dealkylation sites (N-methyl/N-ethyl adjacent to an activating group) is 1. The van der Waals surface area contributed by atoms with Crippen LogP contribution in [0, 0.1) is 19.8 Å². The van der Waals surface area contributed by atoms with Crippen molar-refractivity contribution < 1.29 is 14.3 Å². The molecule has 1 aromatic heterocycles. The highest BCUT2D eigenvalue weighted by atomic mass is 32.2. The first-order chi connectivity index (χ1) is 17.7. The van der Waals surface area contributed by atoms with E-state index < -0.39 is 11.9 Å². The topological polar surface area (TPSA) is 65.5 Å². The van der Waals surface area contributed by atoms with Crippen molar-refractivity contribution >= 4 is 23.4 Å². The molecule has 0 saturated heterocycles. The molecule has 0 aliphatic rings. The standard InChI is InChI=1S/C30H34FN3O2S/c1-6-7-11-21(3)33-30(36)28(27(35)19-34(5)26-12-9-8-10-20(26)2)37-24-15-13-23(14-16-24)25-17-18-32-29(31)22(25)4/h8-10,12-18,35H,3,6-7,11,19H2,1-2,4-5H3,(H,33,36)/b28-27-. The molecule has 5 nitrogen and oxygen atoms in total. The van der Waals surface area contributed by atoms with E-state index in [2.05, 4.69) is 23.8 Å². The first kappa shape index (κ1) is 28.0. The number of allylic oxidation sites excluding steroid dienone is 1. The van der Waals surface area contributed by atoms with E-state index >= 15 is 0 Å². The molecule has 0 bridgehead atoms. The lowest BCUT2D eigenvalue weighted by molar-refractivity contribution is -0.116. The van der Waals surface area contributed by atoms with Gasteiger partial charge in [-0.2, -0.15) is 4.39 Å². The van der Waals surface area contributed by atoms with Gasteiger partial charge in [0.25, 0.3) is 5.91 Å². The third-order valence-electron chi connectivity index (χ3n) is 6.03. The number of carbonyl (C=O) groups excluding carboxylic acids is 1. The summed E-state index contributed by atoms with van der Waals surface area (Å²) in [7, 11) is 1.88. The average Bonchev–Trinajstić information content (AvgIpc) is 2.88. The first-order valence-electron chi connectivity index (χ1n) is 12.3. The van der Waals surface area contributed by atoms with Crippen LogP contribution in [0.4, 0.5) is 10.1 Å². The Morgan fingerprint density at radius 2 is 1.84 bits per heavy atom. The molecule has 0 aliphatic carbocycles. The van der Waals surface area contributed by atoms with Gasteiger partial charge in [0.05, 0.1) is 6.54 Å². The number of thioether (sulfide) groups is 1. The second-order valence-corrected chi connectivity index (χ2v) is 10.1. The monoisotopic (exact) mass is 519 g/mol. The largest absolute Gasteiger partial charge is 0.509 e. The summed E-state index contributed by atoms with van der Waals surface area (Å²) < 4.78 is 13.9. The highest BCUT2D eigenvalue weighted by molar-refractivity contribution is 8.04. The third kappa shape index (κ3) is 7.46. The predicted molar refractivity (Wildman–Crippen MR) is 151 cm³/mol. The molecule has 2 aromatic carbocycles. The summed E-state index contributed by atoms with van der Waals surface area (Å²) in [5.74, 6) is -0.922. The van der Waals surface area contributed by atoms with Crippen LogP contribution >= 0.6 is 11.8 Å². The molecular formula is C30H34FN3O2S. The molecule has 194 valence electrons. The van der Waals surface area contributed by atoms with E-state index in [0.717, 1.165) is 40.1 Å². The highest BCUT2D eigenvalue weighted by Gasteiger charge is 2.20. The number of nitrogens with one attached hydrogen (secondary N) is 1. The number of aryl methyl sites for hydroxylation is 1. The number of hydrogen-bond donors (Lipinski definition) is 2. The Bertz CT molecular complexity index is 1290. The molecule has 0 saturated carbocycles. The van der Waals surface area contributed by atoms with Gasteiger partial charge in [0.2, 0.25) is 5.95 Å². The number of aliphatic hydroxyl groups is 1. The molecule has 37 heavy (non-hydrogen) atoms. The molecule has 0 fully saturated rings. The van der Waals surface area contributed by atoms with Gasteiger partial charge in [0.15, 0.2) is 0 Å². The fourth-order valence-electron chi connectivity index (χ4n) is 3.92. The van der Waals surface area contributed by atoms with Crippen molar-refractivity contribution in [1.29, 1.82) is 0 Å². The van der Waals surface area contributed by atoms with Crippen LogP contribution in [0.3, 0.4) is 0 Å². The zero-order valence-corrected chi connectivity index (χ0v) is 22.7. The molecule has 0 atom stereocenters. The Morgan fingerprint density at radius 1 is 1.14 bits per heavy atom. The zero-order valence-electron chi connectivity index (χ0n) is 21.8. The molecule has 7 heteroatoms. The van der Waals surface area contributed by atoms with Crippen molar-refractivity contribution in [3.8, 4) is 11.1 Å². The number of aliphatic hydroxyl groups excluding tert-OH is 1. The van der Waals surface area contributed by atoms with Crippen LogP contribution < -0.4 is 10.2 Å². The summed E-state index contributed by atoms with van der Waals surface area (Å²) in [5.41, 5.74) is 4.74. The van der Waals surface area contributed by atoms with E-state index in [-0.39, 0.29) is 17.2 Å². The Hall–Kier alpha value is -3.58. The van der Waals surface area contributed by atoms with Gasteiger partial charge in [0, 0.05) is 35.1 Å². The molecule has 0 radical (unpaired) electrons. The second kappa shape index (κ2) is 13.1. The molecule has 3 rings (SSSR count). The van der Waals surface area contributed by atoms with Crippen molar-refractivity contribution in [3.63, 3.8) is 0 Å². The van der Waals surface area contributed by atoms with Gasteiger partial charge in [-0.15, -0.1) is 0 Å². The smallest absolute Gasteiger partial charge is 0.265 e. The Balaban J connectivity index is 1.88. The maximum Gasteiger partial charge on any atom is 0.265 e. The number of amides is 1. The lowest BCUT2D eigenvalue weighted by Crippen LogP contribution is -2.27. The number of nitrogens with zero attached hydrogens (tertiary/aromatic N) is 2. The predicted octanol–water partition coefficient (Wildman–Crippen LogP) is 7.32. The minimum Gasteiger partial charge on any atom is -0.509 e. The number of benzene rings is 2. The molecule has 2 N–H and O–H groups in total. The van der Waals surface area contributed by atoms with Gasteiger partial charge in [0.1, 0.15) is 10.7 Å². The molecule has 0 unspecified atom stereocenters. The van der Waals surface area contributed by atoms with E-state index in [9.17, 15) is 14.3 Å². The molecule has 0 aliphatic heterocycles. The normalized spacial score (nSPS) is 11.6. The van der Waals surface area contributed by atoms with Crippen LogP contribution in [0.25, 0.3) is 11.1 Å². The lowest BCUT2D eigenvalue weighted by atomic mass is 10.0. The van der Waals surface area contributed by atoms with E-state index in [1.165, 1.54) is 18.0 Å². The van der Waals surface area contributed by atoms with Crippen LogP contribution in [-0.2, 0) is 4.79 Å². The SMILES string of the molecule is C=C(CCCC)NC(=O)/C(Sc1ccc(-c2ccnc(F)c2C)cc1)=C(/O)CN(C)c1ccccc1C. The van der Waals surface area contributed by atoms with Crippen molar-refractivity contribution in [2.45, 2.75) is 44.9 Å². The van der Waals surface area contributed by atoms with Crippen molar-refractivity contribution in [2.75, 3.05) is 18.5 Å². The lowest BCUT2D eigenvalue weighted by Gasteiger charge is -2.22. The summed E-state index contributed by atoms with van der Waals surface area (Å²) in [4.78, 5) is 19.8. The minimum atomic E-state index is -0.496. The number of rotatable bonds is 11. The van der Waals surface area contributed by atoms with E-state index in [1.54, 1.807) is 13.0 Å². The number of pyridine rings is 1. The van der Waals surface area contributed by atoms with Gasteiger partial charge in [-0.1, -0.05) is 62.0 Å².